The number of carbonyl (C=O) groups is 1. The van der Waals surface area contributed by atoms with Crippen LogP contribution >= 0.6 is 23.2 Å². The van der Waals surface area contributed by atoms with Crippen LogP contribution in [0.3, 0.4) is 0 Å². The number of hydrogen-bond acceptors (Lipinski definition) is 3. The van der Waals surface area contributed by atoms with Crippen molar-refractivity contribution in [3.8, 4) is 11.8 Å². The Hall–Kier alpha value is -2.02. The quantitative estimate of drug-likeness (QED) is 0.780. The molecule has 2 rings (SSSR count). The van der Waals surface area contributed by atoms with Gasteiger partial charge in [0.05, 0.1) is 23.2 Å². The topological polar surface area (TPSA) is 50.1 Å². The molecule has 0 saturated heterocycles. The molecule has 0 spiro atoms. The second kappa shape index (κ2) is 6.62. The summed E-state index contributed by atoms with van der Waals surface area (Å²) in [5, 5.41) is 9.97. The summed E-state index contributed by atoms with van der Waals surface area (Å²) in [6.45, 7) is 0. The van der Waals surface area contributed by atoms with Gasteiger partial charge in [0.2, 0.25) is 0 Å². The Kier molecular flexibility index (Phi) is 4.85. The van der Waals surface area contributed by atoms with E-state index in [0.29, 0.717) is 21.9 Å². The van der Waals surface area contributed by atoms with E-state index in [4.69, 9.17) is 27.9 Å². The molecule has 0 aliphatic carbocycles. The number of halogens is 2. The van der Waals surface area contributed by atoms with Gasteiger partial charge < -0.3 is 4.74 Å². The Morgan fingerprint density at radius 1 is 1.19 bits per heavy atom. The van der Waals surface area contributed by atoms with Gasteiger partial charge in [0, 0.05) is 5.56 Å². The molecule has 1 atom stereocenters. The lowest BCUT2D eigenvalue weighted by Gasteiger charge is -2.10. The van der Waals surface area contributed by atoms with Gasteiger partial charge >= 0.3 is 0 Å². The van der Waals surface area contributed by atoms with Gasteiger partial charge in [-0.3, -0.25) is 4.79 Å². The molecule has 5 heteroatoms. The maximum absolute atomic E-state index is 12.5. The summed E-state index contributed by atoms with van der Waals surface area (Å²) in [6, 6.07) is 13.5. The lowest BCUT2D eigenvalue weighted by Crippen LogP contribution is -2.11. The van der Waals surface area contributed by atoms with Crippen LogP contribution in [0.5, 0.6) is 5.75 Å². The van der Waals surface area contributed by atoms with E-state index in [9.17, 15) is 10.1 Å². The van der Waals surface area contributed by atoms with Crippen LogP contribution in [0.25, 0.3) is 0 Å². The van der Waals surface area contributed by atoms with E-state index in [-0.39, 0.29) is 10.8 Å². The third kappa shape index (κ3) is 3.36. The molecule has 0 fully saturated rings. The Bertz CT molecular complexity index is 722. The minimum Gasteiger partial charge on any atom is -0.497 e. The van der Waals surface area contributed by atoms with Crippen molar-refractivity contribution in [3.05, 3.63) is 63.6 Å². The Morgan fingerprint density at radius 2 is 1.95 bits per heavy atom. The van der Waals surface area contributed by atoms with Crippen molar-refractivity contribution < 1.29 is 9.53 Å². The largest absolute Gasteiger partial charge is 0.497 e. The number of rotatable bonds is 4. The Morgan fingerprint density at radius 3 is 2.57 bits per heavy atom. The molecule has 0 heterocycles. The standard InChI is InChI=1S/C16H11Cl2NO2/c1-21-12-4-2-3-10(7-12)13(9-19)16(20)11-5-6-14(17)15(18)8-11/h2-8,13H,1H3. The number of Topliss-reactive ketones (excluding diaryl/α,β-unsaturated/α-hetero) is 1. The van der Waals surface area contributed by atoms with Gasteiger partial charge in [-0.1, -0.05) is 35.3 Å². The zero-order valence-electron chi connectivity index (χ0n) is 11.1. The molecule has 2 aromatic carbocycles. The molecule has 0 bridgehead atoms. The molecule has 0 N–H and O–H groups in total. The van der Waals surface area contributed by atoms with Crippen LogP contribution in [0.4, 0.5) is 0 Å². The summed E-state index contributed by atoms with van der Waals surface area (Å²) in [7, 11) is 1.53. The van der Waals surface area contributed by atoms with Crippen molar-refractivity contribution in [1.82, 2.24) is 0 Å². The first-order chi connectivity index (χ1) is 10.1. The molecule has 0 aliphatic heterocycles. The predicted octanol–water partition coefficient (Wildman–Crippen LogP) is 4.49. The summed E-state index contributed by atoms with van der Waals surface area (Å²) in [5.74, 6) is -0.656. The van der Waals surface area contributed by atoms with E-state index < -0.39 is 5.92 Å². The zero-order chi connectivity index (χ0) is 15.4. The Balaban J connectivity index is 2.38. The Labute approximate surface area is 132 Å². The highest BCUT2D eigenvalue weighted by Gasteiger charge is 2.22. The highest BCUT2D eigenvalue weighted by atomic mass is 35.5. The molecule has 21 heavy (non-hydrogen) atoms. The number of carbonyl (C=O) groups excluding carboxylic acids is 1. The summed E-state index contributed by atoms with van der Waals surface area (Å²) in [6.07, 6.45) is 0. The van der Waals surface area contributed by atoms with E-state index in [1.165, 1.54) is 19.2 Å². The van der Waals surface area contributed by atoms with Crippen LogP contribution in [-0.4, -0.2) is 12.9 Å². The third-order valence-corrected chi connectivity index (χ3v) is 3.76. The van der Waals surface area contributed by atoms with E-state index >= 15 is 0 Å². The van der Waals surface area contributed by atoms with E-state index in [2.05, 4.69) is 0 Å². The normalized spacial score (nSPS) is 11.5. The molecule has 0 amide bonds. The summed E-state index contributed by atoms with van der Waals surface area (Å²) < 4.78 is 5.11. The van der Waals surface area contributed by atoms with Crippen molar-refractivity contribution in [1.29, 1.82) is 5.26 Å². The smallest absolute Gasteiger partial charge is 0.184 e. The van der Waals surface area contributed by atoms with Gasteiger partial charge in [-0.2, -0.15) is 5.26 Å². The average molecular weight is 320 g/mol. The number of nitrogens with zero attached hydrogens (tertiary/aromatic N) is 1. The van der Waals surface area contributed by atoms with Crippen LogP contribution in [0, 0.1) is 11.3 Å². The number of ketones is 1. The molecule has 0 radical (unpaired) electrons. The first-order valence-electron chi connectivity index (χ1n) is 6.09. The van der Waals surface area contributed by atoms with E-state index in [1.807, 2.05) is 6.07 Å². The molecule has 0 aliphatic rings. The van der Waals surface area contributed by atoms with Crippen molar-refractivity contribution in [3.63, 3.8) is 0 Å². The van der Waals surface area contributed by atoms with Crippen molar-refractivity contribution in [2.75, 3.05) is 7.11 Å². The minimum absolute atomic E-state index is 0.282. The first-order valence-corrected chi connectivity index (χ1v) is 6.85. The lowest BCUT2D eigenvalue weighted by molar-refractivity contribution is 0.0979. The second-order valence-corrected chi connectivity index (χ2v) is 5.15. The van der Waals surface area contributed by atoms with Gasteiger partial charge in [-0.25, -0.2) is 0 Å². The number of benzene rings is 2. The maximum Gasteiger partial charge on any atom is 0.184 e. The van der Waals surface area contributed by atoms with Crippen LogP contribution in [0.1, 0.15) is 21.8 Å². The molecule has 1 unspecified atom stereocenters. The van der Waals surface area contributed by atoms with Crippen LogP contribution in [0.2, 0.25) is 10.0 Å². The van der Waals surface area contributed by atoms with Gasteiger partial charge in [0.1, 0.15) is 11.7 Å². The fourth-order valence-electron chi connectivity index (χ4n) is 1.92. The van der Waals surface area contributed by atoms with Crippen LogP contribution in [0.15, 0.2) is 42.5 Å². The van der Waals surface area contributed by atoms with Crippen molar-refractivity contribution in [2.24, 2.45) is 0 Å². The van der Waals surface area contributed by atoms with Gasteiger partial charge in [0.25, 0.3) is 0 Å². The molecule has 2 aromatic rings. The highest BCUT2D eigenvalue weighted by molar-refractivity contribution is 6.42. The van der Waals surface area contributed by atoms with E-state index in [0.717, 1.165) is 0 Å². The minimum atomic E-state index is -0.919. The predicted molar refractivity (Wildman–Crippen MR) is 82.1 cm³/mol. The molecule has 0 aromatic heterocycles. The fraction of sp³-hybridized carbons (Fsp3) is 0.125. The summed E-state index contributed by atoms with van der Waals surface area (Å²) in [5.41, 5.74) is 0.923. The fourth-order valence-corrected chi connectivity index (χ4v) is 2.22. The van der Waals surface area contributed by atoms with E-state index in [1.54, 1.807) is 30.3 Å². The average Bonchev–Trinajstić information content (AvgIpc) is 2.51. The number of nitriles is 1. The molecule has 3 nitrogen and oxygen atoms in total. The SMILES string of the molecule is COc1cccc(C(C#N)C(=O)c2ccc(Cl)c(Cl)c2)c1. The van der Waals surface area contributed by atoms with Gasteiger partial charge in [0.15, 0.2) is 5.78 Å². The number of hydrogen-bond donors (Lipinski definition) is 0. The second-order valence-electron chi connectivity index (χ2n) is 4.33. The molecule has 0 saturated carbocycles. The monoisotopic (exact) mass is 319 g/mol. The molecular weight excluding hydrogens is 309 g/mol. The first kappa shape index (κ1) is 15.4. The number of ether oxygens (including phenoxy) is 1. The van der Waals surface area contributed by atoms with Crippen molar-refractivity contribution >= 4 is 29.0 Å². The highest BCUT2D eigenvalue weighted by Crippen LogP contribution is 2.27. The summed E-state index contributed by atoms with van der Waals surface area (Å²) in [4.78, 5) is 12.5. The van der Waals surface area contributed by atoms with Crippen LogP contribution in [-0.2, 0) is 0 Å². The van der Waals surface area contributed by atoms with Gasteiger partial charge in [-0.05, 0) is 35.9 Å². The summed E-state index contributed by atoms with van der Waals surface area (Å²) >= 11 is 11.7. The van der Waals surface area contributed by atoms with Gasteiger partial charge in [-0.15, -0.1) is 0 Å². The number of methoxy groups -OCH3 is 1. The van der Waals surface area contributed by atoms with Crippen molar-refractivity contribution in [2.45, 2.75) is 5.92 Å². The maximum atomic E-state index is 12.5. The van der Waals surface area contributed by atoms with Crippen LogP contribution < -0.4 is 4.74 Å². The molecule has 106 valence electrons. The zero-order valence-corrected chi connectivity index (χ0v) is 12.7. The third-order valence-electron chi connectivity index (χ3n) is 3.02. The lowest BCUT2D eigenvalue weighted by atomic mass is 9.92. The molecular formula is C16H11Cl2NO2.